The van der Waals surface area contributed by atoms with Gasteiger partial charge in [0.2, 0.25) is 5.43 Å². The van der Waals surface area contributed by atoms with Gasteiger partial charge in [-0.3, -0.25) is 14.2 Å². The lowest BCUT2D eigenvalue weighted by atomic mass is 10.0. The first-order valence-corrected chi connectivity index (χ1v) is 9.04. The van der Waals surface area contributed by atoms with E-state index < -0.39 is 75.0 Å². The van der Waals surface area contributed by atoms with Crippen molar-refractivity contribution in [1.82, 2.24) is 14.9 Å². The molecule has 32 heavy (non-hydrogen) atoms. The van der Waals surface area contributed by atoms with E-state index in [1.165, 1.54) is 13.8 Å². The number of nitrogens with zero attached hydrogens (tertiary/aromatic N) is 2. The molecule has 0 aliphatic rings. The Hall–Kier alpha value is -3.44. The molecule has 1 aromatic carbocycles. The second kappa shape index (κ2) is 8.24. The molecule has 0 aliphatic heterocycles. The Morgan fingerprint density at radius 2 is 1.62 bits per heavy atom. The van der Waals surface area contributed by atoms with Crippen LogP contribution in [0.5, 0.6) is 0 Å². The highest BCUT2D eigenvalue weighted by Gasteiger charge is 2.43. The zero-order valence-electron chi connectivity index (χ0n) is 16.4. The molecule has 170 valence electrons. The summed E-state index contributed by atoms with van der Waals surface area (Å²) >= 11 is 0. The Bertz CT molecular complexity index is 1250. The molecule has 1 atom stereocenters. The van der Waals surface area contributed by atoms with Gasteiger partial charge in [-0.2, -0.15) is 13.2 Å². The monoisotopic (exact) mass is 461 g/mol. The zero-order valence-corrected chi connectivity index (χ0v) is 16.4. The topological polar surface area (TPSA) is 64.0 Å². The predicted molar refractivity (Wildman–Crippen MR) is 99.3 cm³/mol. The van der Waals surface area contributed by atoms with E-state index in [1.54, 1.807) is 5.32 Å². The van der Waals surface area contributed by atoms with Gasteiger partial charge in [0.25, 0.3) is 5.91 Å². The van der Waals surface area contributed by atoms with E-state index in [9.17, 15) is 40.3 Å². The summed E-state index contributed by atoms with van der Waals surface area (Å²) in [6.45, 7) is 2.36. The van der Waals surface area contributed by atoms with Crippen molar-refractivity contribution in [3.8, 4) is 5.69 Å². The quantitative estimate of drug-likeness (QED) is 0.591. The van der Waals surface area contributed by atoms with Crippen molar-refractivity contribution in [1.29, 1.82) is 0 Å². The predicted octanol–water partition coefficient (Wildman–Crippen LogP) is 4.26. The molecule has 2 aromatic heterocycles. The summed E-state index contributed by atoms with van der Waals surface area (Å²) in [5, 5.41) is 1.04. The number of hydrogen-bond acceptors (Lipinski definition) is 3. The minimum atomic E-state index is -4.86. The van der Waals surface area contributed by atoms with E-state index in [-0.39, 0.29) is 0 Å². The Labute approximate surface area is 175 Å². The summed E-state index contributed by atoms with van der Waals surface area (Å²) in [7, 11) is 0. The third-order valence-corrected chi connectivity index (χ3v) is 4.58. The van der Waals surface area contributed by atoms with Crippen molar-refractivity contribution < 1.29 is 35.5 Å². The number of nitrogens with one attached hydrogen (secondary N) is 1. The highest BCUT2D eigenvalue weighted by molar-refractivity contribution is 5.97. The van der Waals surface area contributed by atoms with Crippen LogP contribution in [0.25, 0.3) is 16.7 Å². The SMILES string of the molecule is CC(C)C(NC(=O)c1cn(-c2c(F)cc(F)cc2F)c2ncc(F)cc2c1=O)C(F)(F)F. The van der Waals surface area contributed by atoms with Gasteiger partial charge in [-0.05, 0) is 12.0 Å². The molecule has 3 aromatic rings. The molecule has 0 saturated carbocycles. The molecule has 0 spiro atoms. The van der Waals surface area contributed by atoms with Gasteiger partial charge >= 0.3 is 6.18 Å². The van der Waals surface area contributed by atoms with Gasteiger partial charge in [-0.25, -0.2) is 22.5 Å². The molecule has 5 nitrogen and oxygen atoms in total. The molecule has 0 bridgehead atoms. The van der Waals surface area contributed by atoms with Crippen LogP contribution in [0.4, 0.5) is 30.7 Å². The van der Waals surface area contributed by atoms with E-state index in [4.69, 9.17) is 0 Å². The molecule has 0 fully saturated rings. The maximum absolute atomic E-state index is 14.4. The Kier molecular flexibility index (Phi) is 5.98. The van der Waals surface area contributed by atoms with Crippen LogP contribution in [0.2, 0.25) is 0 Å². The van der Waals surface area contributed by atoms with Crippen molar-refractivity contribution in [2.24, 2.45) is 5.92 Å². The highest BCUT2D eigenvalue weighted by atomic mass is 19.4. The number of pyridine rings is 2. The fourth-order valence-corrected chi connectivity index (χ4v) is 3.13. The van der Waals surface area contributed by atoms with E-state index in [1.807, 2.05) is 0 Å². The first kappa shape index (κ1) is 23.2. The maximum Gasteiger partial charge on any atom is 0.408 e. The third kappa shape index (κ3) is 4.30. The minimum Gasteiger partial charge on any atom is -0.340 e. The van der Waals surface area contributed by atoms with Crippen LogP contribution in [-0.4, -0.2) is 27.7 Å². The number of alkyl halides is 3. The summed E-state index contributed by atoms with van der Waals surface area (Å²) in [5.41, 5.74) is -3.65. The summed E-state index contributed by atoms with van der Waals surface area (Å²) < 4.78 is 96.1. The van der Waals surface area contributed by atoms with Gasteiger partial charge < -0.3 is 5.32 Å². The van der Waals surface area contributed by atoms with Crippen LogP contribution in [0, 0.1) is 29.2 Å². The molecular formula is C20H14F7N3O2. The number of fused-ring (bicyclic) bond motifs is 1. The van der Waals surface area contributed by atoms with Gasteiger partial charge in [0.1, 0.15) is 34.6 Å². The summed E-state index contributed by atoms with van der Waals surface area (Å²) in [5.74, 6) is -7.85. The number of rotatable bonds is 4. The maximum atomic E-state index is 14.4. The minimum absolute atomic E-state index is 0.310. The number of benzene rings is 1. The van der Waals surface area contributed by atoms with E-state index >= 15 is 0 Å². The molecule has 0 saturated heterocycles. The van der Waals surface area contributed by atoms with Gasteiger partial charge in [-0.1, -0.05) is 13.8 Å². The lowest BCUT2D eigenvalue weighted by molar-refractivity contribution is -0.162. The molecular weight excluding hydrogens is 447 g/mol. The lowest BCUT2D eigenvalue weighted by Crippen LogP contribution is -2.49. The number of carbonyl (C=O) groups is 1. The van der Waals surface area contributed by atoms with Gasteiger partial charge in [0, 0.05) is 18.3 Å². The summed E-state index contributed by atoms with van der Waals surface area (Å²) in [4.78, 5) is 28.9. The third-order valence-electron chi connectivity index (χ3n) is 4.58. The van der Waals surface area contributed by atoms with Gasteiger partial charge in [-0.15, -0.1) is 0 Å². The molecule has 12 heteroatoms. The van der Waals surface area contributed by atoms with Gasteiger partial charge in [0.05, 0.1) is 11.6 Å². The second-order valence-electron chi connectivity index (χ2n) is 7.22. The van der Waals surface area contributed by atoms with E-state index in [2.05, 4.69) is 4.98 Å². The van der Waals surface area contributed by atoms with Crippen LogP contribution in [0.1, 0.15) is 24.2 Å². The lowest BCUT2D eigenvalue weighted by Gasteiger charge is -2.25. The largest absolute Gasteiger partial charge is 0.408 e. The van der Waals surface area contributed by atoms with Crippen molar-refractivity contribution in [2.45, 2.75) is 26.1 Å². The number of halogens is 7. The van der Waals surface area contributed by atoms with Crippen molar-refractivity contribution in [3.63, 3.8) is 0 Å². The van der Waals surface area contributed by atoms with Crippen molar-refractivity contribution in [3.05, 3.63) is 69.6 Å². The molecule has 0 radical (unpaired) electrons. The van der Waals surface area contributed by atoms with E-state index in [0.29, 0.717) is 35.2 Å². The first-order chi connectivity index (χ1) is 14.8. The zero-order chi connectivity index (χ0) is 24.0. The number of aromatic nitrogens is 2. The van der Waals surface area contributed by atoms with Crippen LogP contribution in [0.3, 0.4) is 0 Å². The molecule has 1 unspecified atom stereocenters. The normalized spacial score (nSPS) is 12.9. The summed E-state index contributed by atoms with van der Waals surface area (Å²) in [6, 6.07) is -1.11. The smallest absolute Gasteiger partial charge is 0.340 e. The Morgan fingerprint density at radius 3 is 2.16 bits per heavy atom. The molecule has 2 heterocycles. The molecule has 1 amide bonds. The molecule has 1 N–H and O–H groups in total. The average Bonchev–Trinajstić information content (AvgIpc) is 2.65. The Balaban J connectivity index is 2.29. The average molecular weight is 461 g/mol. The fourth-order valence-electron chi connectivity index (χ4n) is 3.13. The molecule has 0 aliphatic carbocycles. The van der Waals surface area contributed by atoms with Crippen molar-refractivity contribution >= 4 is 16.9 Å². The van der Waals surface area contributed by atoms with Crippen molar-refractivity contribution in [2.75, 3.05) is 0 Å². The van der Waals surface area contributed by atoms with Crippen LogP contribution < -0.4 is 10.7 Å². The first-order valence-electron chi connectivity index (χ1n) is 9.04. The number of amides is 1. The van der Waals surface area contributed by atoms with E-state index in [0.717, 1.165) is 0 Å². The highest BCUT2D eigenvalue weighted by Crippen LogP contribution is 2.27. The second-order valence-corrected chi connectivity index (χ2v) is 7.22. The van der Waals surface area contributed by atoms with Crippen LogP contribution >= 0.6 is 0 Å². The molecule has 3 rings (SSSR count). The number of hydrogen-bond donors (Lipinski definition) is 1. The Morgan fingerprint density at radius 1 is 1.03 bits per heavy atom. The fraction of sp³-hybridized carbons (Fsp3) is 0.250. The van der Waals surface area contributed by atoms with Crippen LogP contribution in [-0.2, 0) is 0 Å². The standard InChI is InChI=1S/C20H14F7N3O2/c1-8(2)17(20(25,26)27)29-19(32)12-7-30(15-13(23)4-9(21)5-14(15)24)18-11(16(12)31)3-10(22)6-28-18/h3-8,17H,1-2H3,(H,29,32). The number of carbonyl (C=O) groups excluding carboxylic acids is 1. The van der Waals surface area contributed by atoms with Gasteiger partial charge in [0.15, 0.2) is 11.6 Å². The van der Waals surface area contributed by atoms with Crippen LogP contribution in [0.15, 0.2) is 35.4 Å². The summed E-state index contributed by atoms with van der Waals surface area (Å²) in [6.07, 6.45) is -3.67.